The molecule has 51 heavy (non-hydrogen) atoms. The highest BCUT2D eigenvalue weighted by molar-refractivity contribution is 6.39. The first-order valence-corrected chi connectivity index (χ1v) is 17.0. The summed E-state index contributed by atoms with van der Waals surface area (Å²) >= 11 is 0. The standard InChI is InChI=1S/C45H33NO5/c1-50-33-24-20-29(21-25-33)37-38(30-22-26-34(51-2)27-23-30)45(32-16-7-4-8-17-32)40-39(44(37,43(45)49)31-14-5-3-6-15-31)41(47)46(42(40)48)36-19-11-13-28-12-9-10-18-35(28)36/h3-27,39-40H,1-2H3/t39-,40+,44+,45-. The SMILES string of the molecule is COc1ccc(C2=C(c3ccc(OC)cc3)[C@]3(c4ccccc4)C(=O)[C@@]2(c2ccccc2)[C@@H]2C(=O)N(c4cccc5ccccc45)C(=O)[C@@H]23)cc1. The molecule has 1 saturated carbocycles. The van der Waals surface area contributed by atoms with Crippen molar-refractivity contribution in [3.63, 3.8) is 0 Å². The molecule has 0 aromatic heterocycles. The molecule has 0 unspecified atom stereocenters. The van der Waals surface area contributed by atoms with Gasteiger partial charge < -0.3 is 9.47 Å². The average Bonchev–Trinajstić information content (AvgIpc) is 3.70. The summed E-state index contributed by atoms with van der Waals surface area (Å²) < 4.78 is 11.1. The van der Waals surface area contributed by atoms with E-state index in [1.165, 1.54) is 4.90 Å². The predicted octanol–water partition coefficient (Wildman–Crippen LogP) is 8.05. The molecule has 0 N–H and O–H groups in total. The van der Waals surface area contributed by atoms with Crippen molar-refractivity contribution in [2.45, 2.75) is 10.8 Å². The molecule has 6 aromatic rings. The van der Waals surface area contributed by atoms with Gasteiger partial charge in [-0.25, -0.2) is 4.90 Å². The number of anilines is 1. The minimum atomic E-state index is -1.50. The minimum Gasteiger partial charge on any atom is -0.497 e. The van der Waals surface area contributed by atoms with Crippen LogP contribution in [-0.2, 0) is 25.2 Å². The Kier molecular flexibility index (Phi) is 6.87. The maximum atomic E-state index is 16.2. The molecule has 9 rings (SSSR count). The van der Waals surface area contributed by atoms with Gasteiger partial charge in [0.1, 0.15) is 11.5 Å². The highest BCUT2D eigenvalue weighted by atomic mass is 16.5. The van der Waals surface area contributed by atoms with Gasteiger partial charge in [-0.1, -0.05) is 121 Å². The molecular weight excluding hydrogens is 634 g/mol. The van der Waals surface area contributed by atoms with Crippen molar-refractivity contribution in [1.29, 1.82) is 0 Å². The van der Waals surface area contributed by atoms with Gasteiger partial charge in [0.15, 0.2) is 5.78 Å². The molecule has 2 aliphatic carbocycles. The maximum absolute atomic E-state index is 16.2. The minimum absolute atomic E-state index is 0.168. The van der Waals surface area contributed by atoms with Crippen LogP contribution in [-0.4, -0.2) is 31.8 Å². The number of rotatable bonds is 7. The predicted molar refractivity (Wildman–Crippen MR) is 197 cm³/mol. The number of fused-ring (bicyclic) bond motifs is 6. The first-order chi connectivity index (χ1) is 25.0. The van der Waals surface area contributed by atoms with Crippen LogP contribution < -0.4 is 14.4 Å². The molecular formula is C45H33NO5. The lowest BCUT2D eigenvalue weighted by Crippen LogP contribution is -2.45. The van der Waals surface area contributed by atoms with E-state index in [-0.39, 0.29) is 17.6 Å². The van der Waals surface area contributed by atoms with Crippen LogP contribution in [0.15, 0.2) is 152 Å². The number of nitrogens with zero attached hydrogens (tertiary/aromatic N) is 1. The van der Waals surface area contributed by atoms with Crippen LogP contribution in [0.3, 0.4) is 0 Å². The van der Waals surface area contributed by atoms with Crippen LogP contribution >= 0.6 is 0 Å². The Morgan fingerprint density at radius 3 is 1.39 bits per heavy atom. The first kappa shape index (κ1) is 30.8. The van der Waals surface area contributed by atoms with Gasteiger partial charge >= 0.3 is 0 Å². The van der Waals surface area contributed by atoms with Crippen LogP contribution in [0.1, 0.15) is 22.3 Å². The van der Waals surface area contributed by atoms with E-state index in [4.69, 9.17) is 9.47 Å². The fourth-order valence-corrected chi connectivity index (χ4v) is 9.28. The average molecular weight is 668 g/mol. The number of ether oxygens (including phenoxy) is 2. The van der Waals surface area contributed by atoms with E-state index < -0.39 is 22.7 Å². The molecule has 6 nitrogen and oxygen atoms in total. The quantitative estimate of drug-likeness (QED) is 0.161. The molecule has 1 aliphatic heterocycles. The summed E-state index contributed by atoms with van der Waals surface area (Å²) in [5.74, 6) is -1.63. The number of allylic oxidation sites excluding steroid dienone is 2. The Bertz CT molecular complexity index is 2270. The van der Waals surface area contributed by atoms with Gasteiger partial charge in [-0.3, -0.25) is 14.4 Å². The molecule has 2 fully saturated rings. The zero-order valence-corrected chi connectivity index (χ0v) is 28.1. The van der Waals surface area contributed by atoms with Gasteiger partial charge in [-0.2, -0.15) is 0 Å². The Labute approximate surface area is 295 Å². The van der Waals surface area contributed by atoms with E-state index in [1.807, 2.05) is 152 Å². The molecule has 4 atom stereocenters. The summed E-state index contributed by atoms with van der Waals surface area (Å²) in [6.45, 7) is 0. The lowest BCUT2D eigenvalue weighted by Gasteiger charge is -2.39. The van der Waals surface area contributed by atoms with Crippen molar-refractivity contribution in [2.24, 2.45) is 11.8 Å². The molecule has 6 heteroatoms. The number of carbonyl (C=O) groups is 3. The van der Waals surface area contributed by atoms with Crippen molar-refractivity contribution in [1.82, 2.24) is 0 Å². The van der Waals surface area contributed by atoms with Crippen molar-refractivity contribution in [2.75, 3.05) is 19.1 Å². The van der Waals surface area contributed by atoms with Gasteiger partial charge in [-0.05, 0) is 69.1 Å². The second-order valence-corrected chi connectivity index (χ2v) is 13.3. The van der Waals surface area contributed by atoms with Gasteiger partial charge in [0, 0.05) is 5.39 Å². The maximum Gasteiger partial charge on any atom is 0.239 e. The number of methoxy groups -OCH3 is 2. The topological polar surface area (TPSA) is 72.9 Å². The Hall–Kier alpha value is -6.27. The molecule has 0 radical (unpaired) electrons. The molecule has 3 aliphatic rings. The Morgan fingerprint density at radius 1 is 0.490 bits per heavy atom. The van der Waals surface area contributed by atoms with Crippen LogP contribution in [0, 0.1) is 11.8 Å². The fraction of sp³-hybridized carbons (Fsp3) is 0.133. The number of ketones is 1. The molecule has 248 valence electrons. The summed E-state index contributed by atoms with van der Waals surface area (Å²) in [4.78, 5) is 48.4. The molecule has 2 amide bonds. The lowest BCUT2D eigenvalue weighted by atomic mass is 9.59. The summed E-state index contributed by atoms with van der Waals surface area (Å²) in [5, 5.41) is 1.71. The van der Waals surface area contributed by atoms with Crippen LogP contribution in [0.2, 0.25) is 0 Å². The third-order valence-electron chi connectivity index (χ3n) is 11.2. The van der Waals surface area contributed by atoms with Crippen LogP contribution in [0.4, 0.5) is 5.69 Å². The van der Waals surface area contributed by atoms with Crippen molar-refractivity contribution in [3.8, 4) is 11.5 Å². The molecule has 2 bridgehead atoms. The second-order valence-electron chi connectivity index (χ2n) is 13.3. The summed E-state index contributed by atoms with van der Waals surface area (Å²) in [5.41, 5.74) is 1.87. The number of amides is 2. The first-order valence-electron chi connectivity index (χ1n) is 17.0. The summed E-state index contributed by atoms with van der Waals surface area (Å²) in [6, 6.07) is 47.8. The highest BCUT2D eigenvalue weighted by Gasteiger charge is 2.82. The Balaban J connectivity index is 1.44. The van der Waals surface area contributed by atoms with E-state index in [2.05, 4.69) is 0 Å². The largest absolute Gasteiger partial charge is 0.497 e. The van der Waals surface area contributed by atoms with Crippen LogP contribution in [0.25, 0.3) is 21.9 Å². The number of Topliss-reactive ketones (excluding diaryl/α,β-unsaturated/α-hetero) is 1. The summed E-state index contributed by atoms with van der Waals surface area (Å²) in [7, 11) is 3.23. The number of imide groups is 1. The molecule has 1 saturated heterocycles. The van der Waals surface area contributed by atoms with Gasteiger partial charge in [0.2, 0.25) is 11.8 Å². The Morgan fingerprint density at radius 2 is 0.922 bits per heavy atom. The van der Waals surface area contributed by atoms with E-state index in [0.717, 1.165) is 33.0 Å². The van der Waals surface area contributed by atoms with E-state index in [1.54, 1.807) is 14.2 Å². The lowest BCUT2D eigenvalue weighted by molar-refractivity contribution is -0.130. The van der Waals surface area contributed by atoms with Crippen molar-refractivity contribution in [3.05, 3.63) is 174 Å². The van der Waals surface area contributed by atoms with E-state index in [9.17, 15) is 0 Å². The van der Waals surface area contributed by atoms with Crippen molar-refractivity contribution < 1.29 is 23.9 Å². The van der Waals surface area contributed by atoms with Crippen LogP contribution in [0.5, 0.6) is 11.5 Å². The van der Waals surface area contributed by atoms with Crippen molar-refractivity contribution >= 4 is 45.2 Å². The number of hydrogen-bond acceptors (Lipinski definition) is 5. The number of carbonyl (C=O) groups excluding carboxylic acids is 3. The highest BCUT2D eigenvalue weighted by Crippen LogP contribution is 2.74. The summed E-state index contributed by atoms with van der Waals surface area (Å²) in [6.07, 6.45) is 0. The zero-order chi connectivity index (χ0) is 34.9. The smallest absolute Gasteiger partial charge is 0.239 e. The molecule has 0 spiro atoms. The van der Waals surface area contributed by atoms with E-state index >= 15 is 14.4 Å². The normalized spacial score (nSPS) is 23.6. The van der Waals surface area contributed by atoms with Gasteiger partial charge in [0.25, 0.3) is 0 Å². The fourth-order valence-electron chi connectivity index (χ4n) is 9.28. The molecule has 1 heterocycles. The number of benzene rings is 6. The molecule has 6 aromatic carbocycles. The zero-order valence-electron chi connectivity index (χ0n) is 28.1. The third-order valence-corrected chi connectivity index (χ3v) is 11.2. The monoisotopic (exact) mass is 667 g/mol. The third kappa shape index (κ3) is 3.96. The van der Waals surface area contributed by atoms with E-state index in [0.29, 0.717) is 28.3 Å². The number of hydrogen-bond donors (Lipinski definition) is 0. The van der Waals surface area contributed by atoms with Gasteiger partial charge in [-0.15, -0.1) is 0 Å². The van der Waals surface area contributed by atoms with Gasteiger partial charge in [0.05, 0.1) is 42.6 Å². The second kappa shape index (κ2) is 11.4.